The molecule has 3 unspecified atom stereocenters. The molecule has 1 aromatic rings. The van der Waals surface area contributed by atoms with Crippen LogP contribution in [0.15, 0.2) is 6.20 Å². The van der Waals surface area contributed by atoms with Crippen molar-refractivity contribution in [2.24, 2.45) is 11.8 Å². The van der Waals surface area contributed by atoms with E-state index in [-0.39, 0.29) is 0 Å². The predicted molar refractivity (Wildman–Crippen MR) is 56.1 cm³/mol. The Hall–Kier alpha value is -0.700. The molecule has 1 heterocycles. The maximum atomic E-state index is 5.90. The summed E-state index contributed by atoms with van der Waals surface area (Å²) in [5.41, 5.74) is 5.64. The molecule has 2 saturated carbocycles. The second-order valence-electron chi connectivity index (χ2n) is 4.58. The minimum Gasteiger partial charge on any atom is -0.381 e. The maximum Gasteiger partial charge on any atom is 0.164 e. The van der Waals surface area contributed by atoms with Gasteiger partial charge in [0, 0.05) is 6.20 Å². The normalized spacial score (nSPS) is 35.4. The molecule has 2 N–H and O–H groups in total. The second kappa shape index (κ2) is 2.89. The SMILES string of the molecule is Nc1nn(C2CC3CCC2C3)cc1Cl. The number of nitrogen functional groups attached to an aromatic ring is 1. The van der Waals surface area contributed by atoms with E-state index in [2.05, 4.69) is 5.10 Å². The van der Waals surface area contributed by atoms with Gasteiger partial charge in [-0.15, -0.1) is 0 Å². The number of aromatic nitrogens is 2. The summed E-state index contributed by atoms with van der Waals surface area (Å²) >= 11 is 5.90. The first kappa shape index (κ1) is 8.60. The van der Waals surface area contributed by atoms with Gasteiger partial charge < -0.3 is 5.73 Å². The highest BCUT2D eigenvalue weighted by Gasteiger charge is 2.40. The Labute approximate surface area is 88.2 Å². The van der Waals surface area contributed by atoms with Crippen LogP contribution < -0.4 is 5.73 Å². The van der Waals surface area contributed by atoms with Crippen LogP contribution >= 0.6 is 11.6 Å². The van der Waals surface area contributed by atoms with Gasteiger partial charge in [0.05, 0.1) is 6.04 Å². The molecular formula is C10H14ClN3. The third kappa shape index (κ3) is 1.15. The highest BCUT2D eigenvalue weighted by atomic mass is 35.5. The van der Waals surface area contributed by atoms with Crippen LogP contribution in [0.2, 0.25) is 5.02 Å². The van der Waals surface area contributed by atoms with E-state index in [9.17, 15) is 0 Å². The van der Waals surface area contributed by atoms with Crippen LogP contribution in [0.4, 0.5) is 5.82 Å². The minimum atomic E-state index is 0.467. The smallest absolute Gasteiger partial charge is 0.164 e. The fourth-order valence-corrected chi connectivity index (χ4v) is 3.23. The van der Waals surface area contributed by atoms with Crippen LogP contribution in [0.5, 0.6) is 0 Å². The third-order valence-electron chi connectivity index (χ3n) is 3.75. The molecular weight excluding hydrogens is 198 g/mol. The Morgan fingerprint density at radius 2 is 2.29 bits per heavy atom. The van der Waals surface area contributed by atoms with Crippen molar-refractivity contribution in [3.63, 3.8) is 0 Å². The summed E-state index contributed by atoms with van der Waals surface area (Å²) < 4.78 is 1.99. The van der Waals surface area contributed by atoms with Crippen molar-refractivity contribution in [3.8, 4) is 0 Å². The molecule has 14 heavy (non-hydrogen) atoms. The van der Waals surface area contributed by atoms with Crippen LogP contribution in [-0.4, -0.2) is 9.78 Å². The lowest BCUT2D eigenvalue weighted by molar-refractivity contribution is 0.307. The molecule has 0 amide bonds. The van der Waals surface area contributed by atoms with Gasteiger partial charge in [0.2, 0.25) is 0 Å². The zero-order valence-corrected chi connectivity index (χ0v) is 8.74. The van der Waals surface area contributed by atoms with Crippen molar-refractivity contribution >= 4 is 17.4 Å². The first-order valence-electron chi connectivity index (χ1n) is 5.24. The molecule has 0 spiro atoms. The van der Waals surface area contributed by atoms with Crippen LogP contribution in [0.3, 0.4) is 0 Å². The summed E-state index contributed by atoms with van der Waals surface area (Å²) in [5, 5.41) is 4.86. The van der Waals surface area contributed by atoms with E-state index < -0.39 is 0 Å². The van der Waals surface area contributed by atoms with Gasteiger partial charge in [-0.3, -0.25) is 4.68 Å². The average Bonchev–Trinajstić information content (AvgIpc) is 2.82. The zero-order chi connectivity index (χ0) is 9.71. The molecule has 1 aromatic heterocycles. The van der Waals surface area contributed by atoms with Gasteiger partial charge in [-0.05, 0) is 31.1 Å². The van der Waals surface area contributed by atoms with E-state index >= 15 is 0 Å². The first-order valence-corrected chi connectivity index (χ1v) is 5.62. The summed E-state index contributed by atoms with van der Waals surface area (Å²) in [5.74, 6) is 2.21. The number of rotatable bonds is 1. The standard InChI is InChI=1S/C10H14ClN3/c11-8-5-14(13-10(8)12)9-4-6-1-2-7(9)3-6/h5-7,9H,1-4H2,(H2,12,13). The van der Waals surface area contributed by atoms with Crippen molar-refractivity contribution in [1.29, 1.82) is 0 Å². The molecule has 2 aliphatic carbocycles. The molecule has 0 radical (unpaired) electrons. The van der Waals surface area contributed by atoms with Crippen molar-refractivity contribution < 1.29 is 0 Å². The van der Waals surface area contributed by atoms with Gasteiger partial charge in [0.15, 0.2) is 5.82 Å². The predicted octanol–water partition coefficient (Wildman–Crippen LogP) is 2.48. The Morgan fingerprint density at radius 3 is 2.79 bits per heavy atom. The number of fused-ring (bicyclic) bond motifs is 2. The Morgan fingerprint density at radius 1 is 1.43 bits per heavy atom. The van der Waals surface area contributed by atoms with E-state index in [1.807, 2.05) is 10.9 Å². The lowest BCUT2D eigenvalue weighted by atomic mass is 9.96. The topological polar surface area (TPSA) is 43.8 Å². The summed E-state index contributed by atoms with van der Waals surface area (Å²) in [6.07, 6.45) is 7.28. The number of nitrogens with zero attached hydrogens (tertiary/aromatic N) is 2. The number of hydrogen-bond acceptors (Lipinski definition) is 2. The first-order chi connectivity index (χ1) is 6.74. The van der Waals surface area contributed by atoms with Gasteiger partial charge in [-0.1, -0.05) is 18.0 Å². The molecule has 4 heteroatoms. The van der Waals surface area contributed by atoms with Gasteiger partial charge >= 0.3 is 0 Å². The number of nitrogens with two attached hydrogens (primary N) is 1. The highest BCUT2D eigenvalue weighted by molar-refractivity contribution is 6.32. The third-order valence-corrected chi connectivity index (χ3v) is 4.05. The number of hydrogen-bond donors (Lipinski definition) is 1. The van der Waals surface area contributed by atoms with Gasteiger partial charge in [0.25, 0.3) is 0 Å². The van der Waals surface area contributed by atoms with E-state index in [1.54, 1.807) is 0 Å². The van der Waals surface area contributed by atoms with Gasteiger partial charge in [-0.25, -0.2) is 0 Å². The van der Waals surface area contributed by atoms with Crippen molar-refractivity contribution in [2.45, 2.75) is 31.7 Å². The monoisotopic (exact) mass is 211 g/mol. The quantitative estimate of drug-likeness (QED) is 0.776. The van der Waals surface area contributed by atoms with Crippen LogP contribution in [0, 0.1) is 11.8 Å². The van der Waals surface area contributed by atoms with E-state index in [4.69, 9.17) is 17.3 Å². The molecule has 0 saturated heterocycles. The highest BCUT2D eigenvalue weighted by Crippen LogP contribution is 2.50. The molecule has 3 nitrogen and oxygen atoms in total. The molecule has 2 bridgehead atoms. The van der Waals surface area contributed by atoms with Gasteiger partial charge in [-0.2, -0.15) is 5.10 Å². The van der Waals surface area contributed by atoms with E-state index in [1.165, 1.54) is 25.7 Å². The maximum absolute atomic E-state index is 5.90. The molecule has 3 atom stereocenters. The summed E-state index contributed by atoms with van der Waals surface area (Å²) in [7, 11) is 0. The summed E-state index contributed by atoms with van der Waals surface area (Å²) in [4.78, 5) is 0. The molecule has 2 fully saturated rings. The average molecular weight is 212 g/mol. The van der Waals surface area contributed by atoms with E-state index in [0.29, 0.717) is 16.9 Å². The fourth-order valence-electron chi connectivity index (χ4n) is 3.09. The number of halogens is 1. The molecule has 3 rings (SSSR count). The number of anilines is 1. The summed E-state index contributed by atoms with van der Waals surface area (Å²) in [6.45, 7) is 0. The van der Waals surface area contributed by atoms with Gasteiger partial charge in [0.1, 0.15) is 5.02 Å². The van der Waals surface area contributed by atoms with Crippen molar-refractivity contribution in [3.05, 3.63) is 11.2 Å². The minimum absolute atomic E-state index is 0.467. The lowest BCUT2D eigenvalue weighted by Crippen LogP contribution is -2.16. The zero-order valence-electron chi connectivity index (χ0n) is 7.99. The molecule has 76 valence electrons. The Balaban J connectivity index is 1.89. The van der Waals surface area contributed by atoms with Crippen LogP contribution in [0.25, 0.3) is 0 Å². The summed E-state index contributed by atoms with van der Waals surface area (Å²) in [6, 6.07) is 0.559. The second-order valence-corrected chi connectivity index (χ2v) is 4.99. The van der Waals surface area contributed by atoms with E-state index in [0.717, 1.165) is 11.8 Å². The van der Waals surface area contributed by atoms with Crippen LogP contribution in [0.1, 0.15) is 31.7 Å². The Bertz CT molecular complexity index is 341. The molecule has 2 aliphatic rings. The lowest BCUT2D eigenvalue weighted by Gasteiger charge is -2.21. The Kier molecular flexibility index (Phi) is 1.78. The van der Waals surface area contributed by atoms with Crippen LogP contribution in [-0.2, 0) is 0 Å². The fraction of sp³-hybridized carbons (Fsp3) is 0.700. The van der Waals surface area contributed by atoms with Crippen molar-refractivity contribution in [1.82, 2.24) is 9.78 Å². The molecule has 0 aliphatic heterocycles. The largest absolute Gasteiger partial charge is 0.381 e. The van der Waals surface area contributed by atoms with Crippen molar-refractivity contribution in [2.75, 3.05) is 5.73 Å². The molecule has 0 aromatic carbocycles.